The fourth-order valence-corrected chi connectivity index (χ4v) is 3.62. The van der Waals surface area contributed by atoms with Crippen molar-refractivity contribution in [2.75, 3.05) is 12.4 Å². The number of fused-ring (bicyclic) bond motifs is 1. The van der Waals surface area contributed by atoms with E-state index in [0.717, 1.165) is 29.7 Å². The van der Waals surface area contributed by atoms with Crippen LogP contribution >= 0.6 is 0 Å². The van der Waals surface area contributed by atoms with Crippen molar-refractivity contribution in [2.24, 2.45) is 0 Å². The number of benzene rings is 1. The number of aromatic nitrogens is 2. The minimum atomic E-state index is -0.605. The zero-order chi connectivity index (χ0) is 17.6. The third kappa shape index (κ3) is 2.56. The molecule has 2 aliphatic rings. The number of ether oxygens (including phenoxy) is 1. The van der Waals surface area contributed by atoms with Gasteiger partial charge >= 0.3 is 5.97 Å². The smallest absolute Gasteiger partial charge is 0.341 e. The van der Waals surface area contributed by atoms with Gasteiger partial charge in [0.15, 0.2) is 5.82 Å². The second-order valence-corrected chi connectivity index (χ2v) is 6.60. The summed E-state index contributed by atoms with van der Waals surface area (Å²) in [6, 6.07) is 4.81. The number of rotatable bonds is 3. The number of H-pyrrole nitrogens is 1. The number of anilines is 1. The zero-order valence-corrected chi connectivity index (χ0v) is 13.8. The lowest BCUT2D eigenvalue weighted by Gasteiger charge is -2.29. The van der Waals surface area contributed by atoms with E-state index in [9.17, 15) is 14.7 Å². The highest BCUT2D eigenvalue weighted by atomic mass is 16.5. The van der Waals surface area contributed by atoms with Gasteiger partial charge in [-0.05, 0) is 30.5 Å². The second kappa shape index (κ2) is 5.91. The molecule has 130 valence electrons. The number of nitrogens with zero attached hydrogens (tertiary/aromatic N) is 1. The zero-order valence-electron chi connectivity index (χ0n) is 13.8. The highest BCUT2D eigenvalue weighted by molar-refractivity contribution is 5.95. The van der Waals surface area contributed by atoms with Crippen molar-refractivity contribution in [3.63, 3.8) is 0 Å². The molecule has 1 aliphatic heterocycles. The Morgan fingerprint density at radius 2 is 2.16 bits per heavy atom. The van der Waals surface area contributed by atoms with Crippen molar-refractivity contribution >= 4 is 17.7 Å². The van der Waals surface area contributed by atoms with Crippen LogP contribution in [0.1, 0.15) is 64.7 Å². The van der Waals surface area contributed by atoms with E-state index in [1.54, 1.807) is 12.1 Å². The molecule has 1 aliphatic carbocycles. The van der Waals surface area contributed by atoms with E-state index in [0.29, 0.717) is 11.7 Å². The van der Waals surface area contributed by atoms with Crippen molar-refractivity contribution in [1.29, 1.82) is 0 Å². The van der Waals surface area contributed by atoms with Crippen LogP contribution in [-0.4, -0.2) is 34.3 Å². The van der Waals surface area contributed by atoms with Crippen molar-refractivity contribution in [3.05, 3.63) is 40.6 Å². The maximum Gasteiger partial charge on any atom is 0.341 e. The fraction of sp³-hybridized carbons (Fsp3) is 0.389. The van der Waals surface area contributed by atoms with Crippen LogP contribution in [0.25, 0.3) is 0 Å². The minimum absolute atomic E-state index is 0.0984. The van der Waals surface area contributed by atoms with Gasteiger partial charge in [0.05, 0.1) is 7.11 Å². The monoisotopic (exact) mass is 341 g/mol. The van der Waals surface area contributed by atoms with Crippen molar-refractivity contribution in [3.8, 4) is 5.75 Å². The highest BCUT2D eigenvalue weighted by Gasteiger charge is 2.35. The lowest BCUT2D eigenvalue weighted by Crippen LogP contribution is -2.25. The predicted octanol–water partition coefficient (Wildman–Crippen LogP) is 2.64. The van der Waals surface area contributed by atoms with E-state index in [-0.39, 0.29) is 29.6 Å². The normalized spacial score (nSPS) is 19.7. The molecule has 25 heavy (non-hydrogen) atoms. The van der Waals surface area contributed by atoms with Gasteiger partial charge in [-0.3, -0.25) is 9.89 Å². The summed E-state index contributed by atoms with van der Waals surface area (Å²) in [5, 5.41) is 20.1. The van der Waals surface area contributed by atoms with E-state index in [1.165, 1.54) is 19.6 Å². The number of esters is 1. The molecule has 0 spiro atoms. The van der Waals surface area contributed by atoms with Gasteiger partial charge in [0.25, 0.3) is 0 Å². The van der Waals surface area contributed by atoms with E-state index >= 15 is 0 Å². The number of hydrogen-bond donors (Lipinski definition) is 3. The van der Waals surface area contributed by atoms with Crippen LogP contribution in [-0.2, 0) is 9.53 Å². The molecule has 1 aromatic heterocycles. The van der Waals surface area contributed by atoms with E-state index in [1.807, 2.05) is 0 Å². The summed E-state index contributed by atoms with van der Waals surface area (Å²) in [7, 11) is 1.27. The van der Waals surface area contributed by atoms with Crippen LogP contribution in [0.15, 0.2) is 18.2 Å². The molecule has 2 heterocycles. The molecular formula is C18H19N3O4. The highest BCUT2D eigenvalue weighted by Crippen LogP contribution is 2.45. The lowest BCUT2D eigenvalue weighted by molar-refractivity contribution is -0.116. The molecule has 0 radical (unpaired) electrons. The maximum atomic E-state index is 12.1. The summed E-state index contributed by atoms with van der Waals surface area (Å²) >= 11 is 0. The standard InChI is InChI=1S/C18H19N3O4/c1-25-18(24)12-7-10(5-6-13(12)22)11-8-14(23)19-17-15(11)16(20-21-17)9-3-2-4-9/h5-7,9,11,22H,2-4,8H2,1H3,(H2,19,20,21,23)/t11-/m1/s1. The Kier molecular flexibility index (Phi) is 3.71. The Morgan fingerprint density at radius 3 is 2.84 bits per heavy atom. The Bertz CT molecular complexity index is 854. The SMILES string of the molecule is COC(=O)c1cc([C@H]2CC(=O)Nc3n[nH]c(C4CCC4)c32)ccc1O. The van der Waals surface area contributed by atoms with Gasteiger partial charge in [-0.2, -0.15) is 5.10 Å². The molecule has 2 aromatic rings. The average Bonchev–Trinajstić information content (AvgIpc) is 2.95. The number of hydrogen-bond acceptors (Lipinski definition) is 5. The van der Waals surface area contributed by atoms with Crippen LogP contribution in [0.4, 0.5) is 5.82 Å². The number of aromatic amines is 1. The van der Waals surface area contributed by atoms with Gasteiger partial charge in [0, 0.05) is 29.5 Å². The molecule has 3 N–H and O–H groups in total. The molecule has 4 rings (SSSR count). The minimum Gasteiger partial charge on any atom is -0.507 e. The number of carbonyl (C=O) groups excluding carboxylic acids is 2. The molecule has 1 amide bonds. The first kappa shape index (κ1) is 15.7. The van der Waals surface area contributed by atoms with Gasteiger partial charge < -0.3 is 15.2 Å². The lowest BCUT2D eigenvalue weighted by atomic mass is 9.76. The predicted molar refractivity (Wildman–Crippen MR) is 89.7 cm³/mol. The second-order valence-electron chi connectivity index (χ2n) is 6.60. The topological polar surface area (TPSA) is 104 Å². The molecule has 1 atom stereocenters. The van der Waals surface area contributed by atoms with Crippen LogP contribution in [0, 0.1) is 0 Å². The number of amides is 1. The van der Waals surface area contributed by atoms with Crippen molar-refractivity contribution in [1.82, 2.24) is 10.2 Å². The van der Waals surface area contributed by atoms with Crippen molar-refractivity contribution < 1.29 is 19.4 Å². The third-order valence-electron chi connectivity index (χ3n) is 5.17. The van der Waals surface area contributed by atoms with E-state index in [4.69, 9.17) is 4.74 Å². The molecular weight excluding hydrogens is 322 g/mol. The molecule has 1 aromatic carbocycles. The Balaban J connectivity index is 1.80. The van der Waals surface area contributed by atoms with E-state index in [2.05, 4.69) is 15.5 Å². The first-order valence-corrected chi connectivity index (χ1v) is 8.37. The van der Waals surface area contributed by atoms with Crippen LogP contribution in [0.5, 0.6) is 5.75 Å². The summed E-state index contributed by atoms with van der Waals surface area (Å²) in [5.41, 5.74) is 2.95. The van der Waals surface area contributed by atoms with Crippen LogP contribution in [0.2, 0.25) is 0 Å². The summed E-state index contributed by atoms with van der Waals surface area (Å²) in [6.07, 6.45) is 3.69. The first-order valence-electron chi connectivity index (χ1n) is 8.37. The molecule has 1 fully saturated rings. The van der Waals surface area contributed by atoms with Gasteiger partial charge in [0.1, 0.15) is 11.3 Å². The molecule has 7 nitrogen and oxygen atoms in total. The Hall–Kier alpha value is -2.83. The molecule has 0 unspecified atom stereocenters. The van der Waals surface area contributed by atoms with Crippen LogP contribution < -0.4 is 5.32 Å². The Labute approximate surface area is 144 Å². The van der Waals surface area contributed by atoms with E-state index < -0.39 is 5.97 Å². The quantitative estimate of drug-likeness (QED) is 0.745. The molecule has 0 bridgehead atoms. The Morgan fingerprint density at radius 1 is 1.36 bits per heavy atom. The van der Waals surface area contributed by atoms with Gasteiger partial charge in [0.2, 0.25) is 5.91 Å². The third-order valence-corrected chi connectivity index (χ3v) is 5.17. The van der Waals surface area contributed by atoms with Crippen molar-refractivity contribution in [2.45, 2.75) is 37.5 Å². The number of nitrogens with one attached hydrogen (secondary N) is 2. The molecule has 1 saturated carbocycles. The molecule has 7 heteroatoms. The van der Waals surface area contributed by atoms with Gasteiger partial charge in [-0.15, -0.1) is 0 Å². The number of aromatic hydroxyl groups is 1. The summed E-state index contributed by atoms with van der Waals surface area (Å²) in [4.78, 5) is 24.0. The first-order chi connectivity index (χ1) is 12.1. The number of phenols is 1. The van der Waals surface area contributed by atoms with Crippen LogP contribution in [0.3, 0.4) is 0 Å². The number of carbonyl (C=O) groups is 2. The van der Waals surface area contributed by atoms with Gasteiger partial charge in [-0.25, -0.2) is 4.79 Å². The summed E-state index contributed by atoms with van der Waals surface area (Å²) in [5.74, 6) is -0.0607. The average molecular weight is 341 g/mol. The fourth-order valence-electron chi connectivity index (χ4n) is 3.62. The number of methoxy groups -OCH3 is 1. The maximum absolute atomic E-state index is 12.1. The largest absolute Gasteiger partial charge is 0.507 e. The summed E-state index contributed by atoms with van der Waals surface area (Å²) < 4.78 is 4.73. The molecule has 0 saturated heterocycles. The van der Waals surface area contributed by atoms with Gasteiger partial charge in [-0.1, -0.05) is 12.5 Å². The summed E-state index contributed by atoms with van der Waals surface area (Å²) in [6.45, 7) is 0. The number of phenolic OH excluding ortho intramolecular Hbond substituents is 1.